The molecule has 1 aromatic carbocycles. The number of benzene rings is 1. The van der Waals surface area contributed by atoms with Crippen molar-refractivity contribution < 1.29 is 9.90 Å². The second kappa shape index (κ2) is 4.85. The van der Waals surface area contributed by atoms with Crippen molar-refractivity contribution in [1.29, 1.82) is 0 Å². The van der Waals surface area contributed by atoms with Crippen LogP contribution in [0.15, 0.2) is 0 Å². The van der Waals surface area contributed by atoms with Gasteiger partial charge >= 0.3 is 0 Å². The molecular weight excluding hydrogens is 226 g/mol. The number of carbonyl (C=O) groups is 1. The predicted molar refractivity (Wildman–Crippen MR) is 65.3 cm³/mol. The van der Waals surface area contributed by atoms with Crippen LogP contribution in [0.1, 0.15) is 33.5 Å². The number of phenols is 1. The van der Waals surface area contributed by atoms with E-state index >= 15 is 0 Å². The van der Waals surface area contributed by atoms with Gasteiger partial charge in [-0.1, -0.05) is 11.6 Å². The minimum absolute atomic E-state index is 0.0255. The van der Waals surface area contributed by atoms with Crippen molar-refractivity contribution in [2.75, 3.05) is 6.54 Å². The quantitative estimate of drug-likeness (QED) is 0.800. The van der Waals surface area contributed by atoms with Crippen molar-refractivity contribution >= 4 is 17.4 Å². The van der Waals surface area contributed by atoms with Crippen LogP contribution < -0.4 is 5.73 Å². The first-order valence-corrected chi connectivity index (χ1v) is 5.51. The third-order valence-electron chi connectivity index (χ3n) is 2.86. The molecule has 1 rings (SSSR count). The van der Waals surface area contributed by atoms with Crippen LogP contribution in [-0.2, 0) is 0 Å². The second-order valence-electron chi connectivity index (χ2n) is 3.87. The molecule has 0 atom stereocenters. The molecule has 16 heavy (non-hydrogen) atoms. The van der Waals surface area contributed by atoms with Crippen LogP contribution in [0.25, 0.3) is 0 Å². The molecule has 0 aliphatic rings. The SMILES string of the molecule is Cc1c(C)c(C(=O)CCN)c(C)c(Cl)c1O. The lowest BCUT2D eigenvalue weighted by atomic mass is 9.93. The van der Waals surface area contributed by atoms with Crippen molar-refractivity contribution in [2.24, 2.45) is 5.73 Å². The Morgan fingerprint density at radius 3 is 2.31 bits per heavy atom. The van der Waals surface area contributed by atoms with E-state index in [0.29, 0.717) is 29.7 Å². The Morgan fingerprint density at radius 1 is 1.25 bits per heavy atom. The van der Waals surface area contributed by atoms with Gasteiger partial charge in [0.15, 0.2) is 5.78 Å². The molecule has 88 valence electrons. The minimum Gasteiger partial charge on any atom is -0.506 e. The highest BCUT2D eigenvalue weighted by molar-refractivity contribution is 6.33. The average Bonchev–Trinajstić information content (AvgIpc) is 2.24. The fourth-order valence-electron chi connectivity index (χ4n) is 1.77. The Bertz CT molecular complexity index is 412. The standard InChI is InChI=1S/C12H16ClNO2/c1-6-7(2)12(16)11(13)8(3)10(6)9(15)4-5-14/h16H,4-5,14H2,1-3H3. The molecule has 1 aromatic rings. The van der Waals surface area contributed by atoms with Crippen LogP contribution >= 0.6 is 11.6 Å². The maximum absolute atomic E-state index is 11.9. The highest BCUT2D eigenvalue weighted by Gasteiger charge is 2.19. The zero-order valence-electron chi connectivity index (χ0n) is 9.72. The molecule has 0 aliphatic carbocycles. The summed E-state index contributed by atoms with van der Waals surface area (Å²) in [6.07, 6.45) is 0.294. The number of aromatic hydroxyl groups is 1. The Kier molecular flexibility index (Phi) is 3.94. The molecule has 0 bridgehead atoms. The van der Waals surface area contributed by atoms with Crippen molar-refractivity contribution in [1.82, 2.24) is 0 Å². The van der Waals surface area contributed by atoms with E-state index in [-0.39, 0.29) is 16.6 Å². The van der Waals surface area contributed by atoms with Crippen LogP contribution in [0, 0.1) is 20.8 Å². The Morgan fingerprint density at radius 2 is 1.81 bits per heavy atom. The molecule has 4 heteroatoms. The summed E-state index contributed by atoms with van der Waals surface area (Å²) in [7, 11) is 0. The molecule has 3 N–H and O–H groups in total. The minimum atomic E-state index is -0.0255. The lowest BCUT2D eigenvalue weighted by Gasteiger charge is -2.15. The van der Waals surface area contributed by atoms with Gasteiger partial charge in [-0.25, -0.2) is 0 Å². The summed E-state index contributed by atoms with van der Waals surface area (Å²) in [6, 6.07) is 0. The predicted octanol–water partition coefficient (Wildman–Crippen LogP) is 2.50. The number of phenolic OH excluding ortho intramolecular Hbond substituents is 1. The van der Waals surface area contributed by atoms with Gasteiger partial charge in [-0.3, -0.25) is 4.79 Å². The van der Waals surface area contributed by atoms with Gasteiger partial charge in [0.05, 0.1) is 5.02 Å². The van der Waals surface area contributed by atoms with E-state index in [4.69, 9.17) is 17.3 Å². The van der Waals surface area contributed by atoms with Crippen molar-refractivity contribution in [3.05, 3.63) is 27.3 Å². The van der Waals surface area contributed by atoms with Crippen molar-refractivity contribution in [2.45, 2.75) is 27.2 Å². The molecule has 0 saturated heterocycles. The summed E-state index contributed by atoms with van der Waals surface area (Å²) in [5, 5.41) is 9.99. The molecule has 0 radical (unpaired) electrons. The average molecular weight is 242 g/mol. The molecule has 0 fully saturated rings. The summed E-state index contributed by atoms with van der Waals surface area (Å²) in [5.41, 5.74) is 8.01. The van der Waals surface area contributed by atoms with Crippen LogP contribution in [-0.4, -0.2) is 17.4 Å². The summed E-state index contributed by atoms with van der Waals surface area (Å²) in [4.78, 5) is 11.9. The molecule has 0 aromatic heterocycles. The van der Waals surface area contributed by atoms with Gasteiger partial charge in [0.1, 0.15) is 5.75 Å². The van der Waals surface area contributed by atoms with Crippen LogP contribution in [0.5, 0.6) is 5.75 Å². The van der Waals surface area contributed by atoms with Crippen LogP contribution in [0.4, 0.5) is 0 Å². The topological polar surface area (TPSA) is 63.3 Å². The van der Waals surface area contributed by atoms with E-state index in [1.165, 1.54) is 0 Å². The number of Topliss-reactive ketones (excluding diaryl/α,β-unsaturated/α-hetero) is 1. The maximum Gasteiger partial charge on any atom is 0.164 e. The number of hydrogen-bond donors (Lipinski definition) is 2. The number of halogens is 1. The summed E-state index contributed by atoms with van der Waals surface area (Å²) < 4.78 is 0. The van der Waals surface area contributed by atoms with Gasteiger partial charge in [0, 0.05) is 12.0 Å². The number of carbonyl (C=O) groups excluding carboxylic acids is 1. The summed E-state index contributed by atoms with van der Waals surface area (Å²) >= 11 is 5.97. The van der Waals surface area contributed by atoms with Gasteiger partial charge in [-0.15, -0.1) is 0 Å². The lowest BCUT2D eigenvalue weighted by Crippen LogP contribution is -2.12. The summed E-state index contributed by atoms with van der Waals surface area (Å²) in [5.74, 6) is 0.0310. The second-order valence-corrected chi connectivity index (χ2v) is 4.25. The van der Waals surface area contributed by atoms with Gasteiger partial charge in [-0.2, -0.15) is 0 Å². The van der Waals surface area contributed by atoms with Crippen LogP contribution in [0.3, 0.4) is 0 Å². The normalized spacial score (nSPS) is 10.6. The number of nitrogens with two attached hydrogens (primary N) is 1. The zero-order valence-corrected chi connectivity index (χ0v) is 10.5. The molecule has 0 amide bonds. The first kappa shape index (κ1) is 13.0. The first-order valence-electron chi connectivity index (χ1n) is 5.13. The molecular formula is C12H16ClNO2. The van der Waals surface area contributed by atoms with Gasteiger partial charge in [-0.05, 0) is 44.0 Å². The van der Waals surface area contributed by atoms with E-state index < -0.39 is 0 Å². The van der Waals surface area contributed by atoms with Gasteiger partial charge in [0.25, 0.3) is 0 Å². The Hall–Kier alpha value is -1.06. The van der Waals surface area contributed by atoms with Gasteiger partial charge < -0.3 is 10.8 Å². The van der Waals surface area contributed by atoms with Gasteiger partial charge in [0.2, 0.25) is 0 Å². The fraction of sp³-hybridized carbons (Fsp3) is 0.417. The first-order chi connectivity index (χ1) is 7.41. The third kappa shape index (κ3) is 2.06. The molecule has 0 unspecified atom stereocenters. The summed E-state index contributed by atoms with van der Waals surface area (Å²) in [6.45, 7) is 5.60. The van der Waals surface area contributed by atoms with E-state index in [0.717, 1.165) is 5.56 Å². The number of hydrogen-bond acceptors (Lipinski definition) is 3. The maximum atomic E-state index is 11.9. The van der Waals surface area contributed by atoms with E-state index in [1.807, 2.05) is 6.92 Å². The van der Waals surface area contributed by atoms with Crippen molar-refractivity contribution in [3.63, 3.8) is 0 Å². The Labute approximate surface area is 100 Å². The molecule has 0 saturated carbocycles. The highest BCUT2D eigenvalue weighted by Crippen LogP contribution is 2.36. The smallest absolute Gasteiger partial charge is 0.164 e. The number of ketones is 1. The lowest BCUT2D eigenvalue weighted by molar-refractivity contribution is 0.0984. The zero-order chi connectivity index (χ0) is 12.5. The largest absolute Gasteiger partial charge is 0.506 e. The molecule has 3 nitrogen and oxygen atoms in total. The van der Waals surface area contributed by atoms with Crippen LogP contribution in [0.2, 0.25) is 5.02 Å². The Balaban J connectivity index is 3.45. The molecule has 0 spiro atoms. The monoisotopic (exact) mass is 241 g/mol. The molecule has 0 heterocycles. The highest BCUT2D eigenvalue weighted by atomic mass is 35.5. The fourth-order valence-corrected chi connectivity index (χ4v) is 2.01. The van der Waals surface area contributed by atoms with E-state index in [9.17, 15) is 9.90 Å². The number of rotatable bonds is 3. The molecule has 0 aliphatic heterocycles. The van der Waals surface area contributed by atoms with Crippen molar-refractivity contribution in [3.8, 4) is 5.75 Å². The third-order valence-corrected chi connectivity index (χ3v) is 3.32. The van der Waals surface area contributed by atoms with E-state index in [2.05, 4.69) is 0 Å². The van der Waals surface area contributed by atoms with E-state index in [1.54, 1.807) is 13.8 Å².